The third-order valence-electron chi connectivity index (χ3n) is 6.66. The highest BCUT2D eigenvalue weighted by Gasteiger charge is 2.38. The number of amides is 2. The number of carbonyl (C=O) groups excluding carboxylic acids is 2. The highest BCUT2D eigenvalue weighted by atomic mass is 19.1. The Morgan fingerprint density at radius 2 is 1.62 bits per heavy atom. The summed E-state index contributed by atoms with van der Waals surface area (Å²) in [6.45, 7) is 5.20. The number of nitrogens with one attached hydrogen (secondary N) is 1. The van der Waals surface area contributed by atoms with Crippen molar-refractivity contribution in [3.05, 3.63) is 54.1 Å². The van der Waals surface area contributed by atoms with Gasteiger partial charge in [-0.05, 0) is 51.0 Å². The SMILES string of the molecule is COCC(C)(C)N(C(=O)CN1CCC(F)(CNC(=O)c2cc(OC)cc(OC)c2)CC1)c1ccccc1. The molecule has 1 aliphatic heterocycles. The molecule has 3 rings (SSSR count). The van der Waals surface area contributed by atoms with Gasteiger partial charge in [0.15, 0.2) is 0 Å². The number of likely N-dealkylation sites (tertiary alicyclic amines) is 1. The second-order valence-corrected chi connectivity index (χ2v) is 10.0. The van der Waals surface area contributed by atoms with E-state index in [0.29, 0.717) is 36.8 Å². The van der Waals surface area contributed by atoms with Crippen LogP contribution in [0.3, 0.4) is 0 Å². The molecule has 1 aliphatic rings. The van der Waals surface area contributed by atoms with E-state index in [1.807, 2.05) is 49.1 Å². The molecule has 37 heavy (non-hydrogen) atoms. The van der Waals surface area contributed by atoms with Crippen LogP contribution in [0.25, 0.3) is 0 Å². The van der Waals surface area contributed by atoms with Gasteiger partial charge in [-0.3, -0.25) is 14.5 Å². The van der Waals surface area contributed by atoms with Gasteiger partial charge >= 0.3 is 0 Å². The molecular weight excluding hydrogens is 477 g/mol. The van der Waals surface area contributed by atoms with Gasteiger partial charge in [0.1, 0.15) is 17.2 Å². The van der Waals surface area contributed by atoms with Crippen LogP contribution < -0.4 is 19.7 Å². The van der Waals surface area contributed by atoms with Crippen molar-refractivity contribution < 1.29 is 28.2 Å². The van der Waals surface area contributed by atoms with Crippen LogP contribution in [0, 0.1) is 0 Å². The lowest BCUT2D eigenvalue weighted by molar-refractivity contribution is -0.122. The average Bonchev–Trinajstić information content (AvgIpc) is 2.89. The van der Waals surface area contributed by atoms with E-state index in [2.05, 4.69) is 5.32 Å². The Hall–Kier alpha value is -3.17. The zero-order valence-electron chi connectivity index (χ0n) is 22.4. The fourth-order valence-electron chi connectivity index (χ4n) is 4.66. The summed E-state index contributed by atoms with van der Waals surface area (Å²) in [5.74, 6) is 0.497. The van der Waals surface area contributed by atoms with E-state index in [1.165, 1.54) is 14.2 Å². The van der Waals surface area contributed by atoms with Gasteiger partial charge in [-0.2, -0.15) is 0 Å². The number of halogens is 1. The maximum absolute atomic E-state index is 15.6. The molecule has 1 fully saturated rings. The summed E-state index contributed by atoms with van der Waals surface area (Å²) in [5, 5.41) is 2.71. The van der Waals surface area contributed by atoms with Crippen LogP contribution in [0.4, 0.5) is 10.1 Å². The molecule has 0 saturated carbocycles. The maximum Gasteiger partial charge on any atom is 0.251 e. The van der Waals surface area contributed by atoms with Crippen LogP contribution in [-0.4, -0.2) is 82.0 Å². The molecule has 0 spiro atoms. The van der Waals surface area contributed by atoms with Gasteiger partial charge in [0.05, 0.1) is 39.5 Å². The first kappa shape index (κ1) is 28.4. The number of benzene rings is 2. The molecule has 0 atom stereocenters. The van der Waals surface area contributed by atoms with Gasteiger partial charge in [0.2, 0.25) is 5.91 Å². The number of rotatable bonds is 11. The van der Waals surface area contributed by atoms with Crippen LogP contribution in [-0.2, 0) is 9.53 Å². The van der Waals surface area contributed by atoms with Crippen LogP contribution in [0.2, 0.25) is 0 Å². The zero-order chi connectivity index (χ0) is 27.1. The molecule has 0 radical (unpaired) electrons. The average molecular weight is 516 g/mol. The van der Waals surface area contributed by atoms with Gasteiger partial charge in [0.25, 0.3) is 5.91 Å². The summed E-state index contributed by atoms with van der Waals surface area (Å²) >= 11 is 0. The molecule has 0 unspecified atom stereocenters. The third kappa shape index (κ3) is 7.42. The van der Waals surface area contributed by atoms with Gasteiger partial charge in [-0.1, -0.05) is 18.2 Å². The Kier molecular flexibility index (Phi) is 9.50. The first-order chi connectivity index (χ1) is 17.6. The minimum absolute atomic E-state index is 0.0696. The maximum atomic E-state index is 15.6. The monoisotopic (exact) mass is 515 g/mol. The lowest BCUT2D eigenvalue weighted by Gasteiger charge is -2.41. The number of methoxy groups -OCH3 is 3. The number of piperidine rings is 1. The second-order valence-electron chi connectivity index (χ2n) is 10.0. The van der Waals surface area contributed by atoms with Crippen LogP contribution in [0.1, 0.15) is 37.0 Å². The van der Waals surface area contributed by atoms with Crippen molar-refractivity contribution in [2.45, 2.75) is 37.9 Å². The molecule has 9 heteroatoms. The molecule has 2 aromatic rings. The van der Waals surface area contributed by atoms with E-state index in [9.17, 15) is 9.59 Å². The molecule has 0 aliphatic carbocycles. The summed E-state index contributed by atoms with van der Waals surface area (Å²) in [7, 11) is 4.62. The summed E-state index contributed by atoms with van der Waals surface area (Å²) in [4.78, 5) is 29.8. The highest BCUT2D eigenvalue weighted by Crippen LogP contribution is 2.29. The van der Waals surface area contributed by atoms with Crippen LogP contribution in [0.5, 0.6) is 11.5 Å². The molecule has 0 aromatic heterocycles. The van der Waals surface area contributed by atoms with E-state index < -0.39 is 17.1 Å². The predicted molar refractivity (Wildman–Crippen MR) is 141 cm³/mol. The summed E-state index contributed by atoms with van der Waals surface area (Å²) in [6, 6.07) is 14.3. The van der Waals surface area contributed by atoms with Crippen molar-refractivity contribution in [1.82, 2.24) is 10.2 Å². The molecular formula is C28H38FN3O5. The summed E-state index contributed by atoms with van der Waals surface area (Å²) in [6.07, 6.45) is 0.434. The Bertz CT molecular complexity index is 1030. The quantitative estimate of drug-likeness (QED) is 0.492. The smallest absolute Gasteiger partial charge is 0.251 e. The van der Waals surface area contributed by atoms with Gasteiger partial charge in [-0.15, -0.1) is 0 Å². The van der Waals surface area contributed by atoms with E-state index in [4.69, 9.17) is 14.2 Å². The Labute approximate surface area is 218 Å². The first-order valence-electron chi connectivity index (χ1n) is 12.4. The Balaban J connectivity index is 1.58. The Morgan fingerprint density at radius 3 is 2.16 bits per heavy atom. The summed E-state index contributed by atoms with van der Waals surface area (Å²) < 4.78 is 31.4. The van der Waals surface area contributed by atoms with Crippen LogP contribution in [0.15, 0.2) is 48.5 Å². The second kappa shape index (κ2) is 12.4. The number of alkyl halides is 1. The highest BCUT2D eigenvalue weighted by molar-refractivity contribution is 5.96. The van der Waals surface area contributed by atoms with Crippen molar-refractivity contribution in [2.24, 2.45) is 0 Å². The number of anilines is 1. The van der Waals surface area contributed by atoms with Crippen molar-refractivity contribution in [3.63, 3.8) is 0 Å². The molecule has 0 bridgehead atoms. The van der Waals surface area contributed by atoms with Gasteiger partial charge < -0.3 is 24.4 Å². The number of ether oxygens (including phenoxy) is 3. The number of hydrogen-bond donors (Lipinski definition) is 1. The molecule has 1 heterocycles. The van der Waals surface area contributed by atoms with E-state index in [0.717, 1.165) is 5.69 Å². The van der Waals surface area contributed by atoms with E-state index in [1.54, 1.807) is 30.2 Å². The topological polar surface area (TPSA) is 80.3 Å². The first-order valence-corrected chi connectivity index (χ1v) is 12.4. The van der Waals surface area contributed by atoms with Crippen LogP contribution >= 0.6 is 0 Å². The fraction of sp³-hybridized carbons (Fsp3) is 0.500. The molecule has 8 nitrogen and oxygen atoms in total. The number of carbonyl (C=O) groups is 2. The zero-order valence-corrected chi connectivity index (χ0v) is 22.4. The molecule has 1 N–H and O–H groups in total. The van der Waals surface area contributed by atoms with E-state index >= 15 is 4.39 Å². The number of hydrogen-bond acceptors (Lipinski definition) is 6. The molecule has 2 aromatic carbocycles. The lowest BCUT2D eigenvalue weighted by Crippen LogP contribution is -2.55. The number of para-hydroxylation sites is 1. The van der Waals surface area contributed by atoms with Gasteiger partial charge in [0, 0.05) is 37.5 Å². The number of nitrogens with zero attached hydrogens (tertiary/aromatic N) is 2. The molecule has 1 saturated heterocycles. The minimum atomic E-state index is -1.55. The lowest BCUT2D eigenvalue weighted by atomic mass is 9.93. The summed E-state index contributed by atoms with van der Waals surface area (Å²) in [5.41, 5.74) is -0.974. The predicted octanol–water partition coefficient (Wildman–Crippen LogP) is 3.70. The standard InChI is InChI=1S/C28H38FN3O5/c1-27(2,20-35-3)32(22-9-7-6-8-10-22)25(33)18-31-13-11-28(29,12-14-31)19-30-26(34)21-15-23(36-4)17-24(16-21)37-5/h6-10,15-17H,11-14,18-20H2,1-5H3,(H,30,34). The molecule has 2 amide bonds. The Morgan fingerprint density at radius 1 is 1.03 bits per heavy atom. The van der Waals surface area contributed by atoms with Crippen molar-refractivity contribution in [1.29, 1.82) is 0 Å². The van der Waals surface area contributed by atoms with Crippen molar-refractivity contribution in [2.75, 3.05) is 59.0 Å². The van der Waals surface area contributed by atoms with Gasteiger partial charge in [-0.25, -0.2) is 4.39 Å². The molecule has 202 valence electrons. The van der Waals surface area contributed by atoms with Crippen molar-refractivity contribution >= 4 is 17.5 Å². The third-order valence-corrected chi connectivity index (χ3v) is 6.66. The largest absolute Gasteiger partial charge is 0.497 e. The van der Waals surface area contributed by atoms with Crippen molar-refractivity contribution in [3.8, 4) is 11.5 Å². The van der Waals surface area contributed by atoms with E-state index in [-0.39, 0.29) is 31.8 Å². The fourth-order valence-corrected chi connectivity index (χ4v) is 4.66. The minimum Gasteiger partial charge on any atom is -0.497 e. The normalized spacial score (nSPS) is 15.6.